The van der Waals surface area contributed by atoms with E-state index in [0.717, 1.165) is 11.1 Å². The molecule has 0 saturated carbocycles. The van der Waals surface area contributed by atoms with Crippen LogP contribution in [0.15, 0.2) is 48.5 Å². The predicted molar refractivity (Wildman–Crippen MR) is 110 cm³/mol. The molecule has 0 aliphatic rings. The first kappa shape index (κ1) is 22.1. The van der Waals surface area contributed by atoms with Crippen LogP contribution < -0.4 is 5.73 Å². The second kappa shape index (κ2) is 8.84. The first-order chi connectivity index (χ1) is 13.0. The minimum Gasteiger partial charge on any atom is -0.508 e. The van der Waals surface area contributed by atoms with Crippen molar-refractivity contribution in [1.82, 2.24) is 0 Å². The van der Waals surface area contributed by atoms with Crippen LogP contribution in [0, 0.1) is 5.41 Å². The van der Waals surface area contributed by atoms with Crippen molar-refractivity contribution in [3.8, 4) is 5.75 Å². The van der Waals surface area contributed by atoms with Crippen LogP contribution in [0.5, 0.6) is 5.75 Å². The number of ether oxygens (including phenoxy) is 1. The molecule has 0 radical (unpaired) electrons. The summed E-state index contributed by atoms with van der Waals surface area (Å²) in [4.78, 5) is 11.0. The number of amides is 1. The second-order valence-electron chi connectivity index (χ2n) is 8.07. The maximum atomic E-state index is 11.8. The van der Waals surface area contributed by atoms with Crippen molar-refractivity contribution in [3.05, 3.63) is 64.7 Å². The molecule has 2 aromatic carbocycles. The van der Waals surface area contributed by atoms with Gasteiger partial charge in [0.15, 0.2) is 0 Å². The highest BCUT2D eigenvalue weighted by Gasteiger charge is 2.43. The fourth-order valence-electron chi connectivity index (χ4n) is 3.39. The number of primary amides is 1. The molecule has 28 heavy (non-hydrogen) atoms. The molecule has 0 bridgehead atoms. The molecule has 2 atom stereocenters. The Hall–Kier alpha value is -2.24. The number of benzene rings is 2. The van der Waals surface area contributed by atoms with Crippen LogP contribution in [0.2, 0.25) is 5.02 Å². The summed E-state index contributed by atoms with van der Waals surface area (Å²) in [6, 6.07) is 14.1. The number of aromatic hydroxyl groups is 1. The predicted octanol–water partition coefficient (Wildman–Crippen LogP) is 4.94. The van der Waals surface area contributed by atoms with E-state index in [1.54, 1.807) is 24.3 Å². The van der Waals surface area contributed by atoms with Gasteiger partial charge in [0, 0.05) is 5.02 Å². The Balaban J connectivity index is 2.41. The van der Waals surface area contributed by atoms with Crippen molar-refractivity contribution in [2.45, 2.75) is 45.1 Å². The summed E-state index contributed by atoms with van der Waals surface area (Å²) in [5.74, 6) is 0.0277. The zero-order valence-electron chi connectivity index (χ0n) is 16.5. The molecular formula is C22H28ClNO4. The van der Waals surface area contributed by atoms with Crippen LogP contribution in [-0.4, -0.2) is 22.9 Å². The van der Waals surface area contributed by atoms with E-state index in [1.165, 1.54) is 0 Å². The summed E-state index contributed by atoms with van der Waals surface area (Å²) in [6.45, 7) is 6.06. The van der Waals surface area contributed by atoms with Gasteiger partial charge in [-0.25, -0.2) is 4.79 Å². The monoisotopic (exact) mass is 405 g/mol. The Morgan fingerprint density at radius 3 is 2.36 bits per heavy atom. The van der Waals surface area contributed by atoms with E-state index in [4.69, 9.17) is 22.1 Å². The van der Waals surface area contributed by atoms with Gasteiger partial charge < -0.3 is 20.7 Å². The quantitative estimate of drug-likeness (QED) is 0.608. The molecule has 6 heteroatoms. The highest BCUT2D eigenvalue weighted by Crippen LogP contribution is 2.47. The molecule has 1 amide bonds. The Kier molecular flexibility index (Phi) is 6.96. The lowest BCUT2D eigenvalue weighted by atomic mass is 9.67. The molecule has 0 spiro atoms. The zero-order valence-corrected chi connectivity index (χ0v) is 17.2. The summed E-state index contributed by atoms with van der Waals surface area (Å²) in [6.07, 6.45) is 0.0292. The number of nitrogens with two attached hydrogens (primary N) is 1. The third-order valence-corrected chi connectivity index (χ3v) is 5.39. The molecular weight excluding hydrogens is 378 g/mol. The number of phenolic OH excluding ortho intramolecular Hbond substituents is 1. The standard InChI is InChI=1S/C22H28ClNO4/c1-21(2,3)22(27,17-5-4-6-18(23)13-17)14-16(11-12-28-20(24)26)15-7-9-19(25)10-8-15/h4-10,13,16,25,27H,11-12,14H2,1-3H3,(H2,24,26)/t16?,22-/m0/s1. The van der Waals surface area contributed by atoms with Gasteiger partial charge in [0.25, 0.3) is 0 Å². The first-order valence-electron chi connectivity index (χ1n) is 9.22. The van der Waals surface area contributed by atoms with E-state index in [0.29, 0.717) is 17.9 Å². The van der Waals surface area contributed by atoms with E-state index < -0.39 is 17.1 Å². The lowest BCUT2D eigenvalue weighted by Gasteiger charge is -2.43. The lowest BCUT2D eigenvalue weighted by Crippen LogP contribution is -2.41. The average molecular weight is 406 g/mol. The molecule has 0 aromatic heterocycles. The van der Waals surface area contributed by atoms with Gasteiger partial charge in [-0.05, 0) is 59.6 Å². The van der Waals surface area contributed by atoms with Crippen LogP contribution in [0.4, 0.5) is 4.79 Å². The van der Waals surface area contributed by atoms with Crippen molar-refractivity contribution in [3.63, 3.8) is 0 Å². The van der Waals surface area contributed by atoms with Crippen molar-refractivity contribution < 1.29 is 19.7 Å². The van der Waals surface area contributed by atoms with Crippen LogP contribution in [0.25, 0.3) is 0 Å². The van der Waals surface area contributed by atoms with Gasteiger partial charge in [-0.1, -0.05) is 56.6 Å². The fourth-order valence-corrected chi connectivity index (χ4v) is 3.58. The van der Waals surface area contributed by atoms with Gasteiger partial charge in [-0.3, -0.25) is 0 Å². The van der Waals surface area contributed by atoms with Crippen molar-refractivity contribution >= 4 is 17.7 Å². The summed E-state index contributed by atoms with van der Waals surface area (Å²) in [7, 11) is 0. The van der Waals surface area contributed by atoms with E-state index >= 15 is 0 Å². The minimum absolute atomic E-state index is 0.136. The van der Waals surface area contributed by atoms with E-state index in [2.05, 4.69) is 0 Å². The molecule has 0 fully saturated rings. The zero-order chi connectivity index (χ0) is 20.9. The molecule has 2 rings (SSSR count). The van der Waals surface area contributed by atoms with Crippen LogP contribution >= 0.6 is 11.6 Å². The van der Waals surface area contributed by atoms with Crippen molar-refractivity contribution in [2.75, 3.05) is 6.61 Å². The molecule has 0 heterocycles. The maximum absolute atomic E-state index is 11.8. The van der Waals surface area contributed by atoms with Gasteiger partial charge >= 0.3 is 6.09 Å². The highest BCUT2D eigenvalue weighted by molar-refractivity contribution is 6.30. The topological polar surface area (TPSA) is 92.8 Å². The number of hydrogen-bond acceptors (Lipinski definition) is 4. The number of rotatable bonds is 7. The third kappa shape index (κ3) is 5.40. The summed E-state index contributed by atoms with van der Waals surface area (Å²) >= 11 is 6.18. The van der Waals surface area contributed by atoms with Gasteiger partial charge in [0.1, 0.15) is 5.75 Å². The normalized spacial score (nSPS) is 14.9. The Morgan fingerprint density at radius 2 is 1.82 bits per heavy atom. The van der Waals surface area contributed by atoms with E-state index in [-0.39, 0.29) is 18.3 Å². The molecule has 152 valence electrons. The average Bonchev–Trinajstić information content (AvgIpc) is 2.60. The molecule has 0 aliphatic carbocycles. The largest absolute Gasteiger partial charge is 0.508 e. The number of phenols is 1. The number of halogens is 1. The lowest BCUT2D eigenvalue weighted by molar-refractivity contribution is -0.0775. The minimum atomic E-state index is -1.19. The highest BCUT2D eigenvalue weighted by atomic mass is 35.5. The number of hydrogen-bond donors (Lipinski definition) is 3. The number of carbonyl (C=O) groups excluding carboxylic acids is 1. The van der Waals surface area contributed by atoms with Crippen molar-refractivity contribution in [1.29, 1.82) is 0 Å². The second-order valence-corrected chi connectivity index (χ2v) is 8.51. The van der Waals surface area contributed by atoms with Crippen molar-refractivity contribution in [2.24, 2.45) is 11.1 Å². The Labute approximate surface area is 171 Å². The van der Waals surface area contributed by atoms with Gasteiger partial charge in [-0.2, -0.15) is 0 Å². The molecule has 5 nitrogen and oxygen atoms in total. The third-order valence-electron chi connectivity index (χ3n) is 5.16. The van der Waals surface area contributed by atoms with Gasteiger partial charge in [0.05, 0.1) is 12.2 Å². The van der Waals surface area contributed by atoms with E-state index in [9.17, 15) is 15.0 Å². The van der Waals surface area contributed by atoms with Crippen LogP contribution in [0.3, 0.4) is 0 Å². The summed E-state index contributed by atoms with van der Waals surface area (Å²) in [5, 5.41) is 22.0. The Bertz CT molecular complexity index is 801. The molecule has 2 aromatic rings. The number of carbonyl (C=O) groups is 1. The van der Waals surface area contributed by atoms with Crippen LogP contribution in [0.1, 0.15) is 50.7 Å². The smallest absolute Gasteiger partial charge is 0.404 e. The molecule has 4 N–H and O–H groups in total. The molecule has 1 unspecified atom stereocenters. The van der Waals surface area contributed by atoms with Gasteiger partial charge in [0.2, 0.25) is 0 Å². The SMILES string of the molecule is CC(C)(C)[C@](O)(CC(CCOC(N)=O)c1ccc(O)cc1)c1cccc(Cl)c1. The molecule has 0 aliphatic heterocycles. The summed E-state index contributed by atoms with van der Waals surface area (Å²) < 4.78 is 4.93. The fraction of sp³-hybridized carbons (Fsp3) is 0.409. The summed E-state index contributed by atoms with van der Waals surface area (Å²) in [5.41, 5.74) is 5.06. The first-order valence-corrected chi connectivity index (χ1v) is 9.60. The van der Waals surface area contributed by atoms with E-state index in [1.807, 2.05) is 45.0 Å². The maximum Gasteiger partial charge on any atom is 0.404 e. The van der Waals surface area contributed by atoms with Gasteiger partial charge in [-0.15, -0.1) is 0 Å². The Morgan fingerprint density at radius 1 is 1.18 bits per heavy atom. The molecule has 0 saturated heterocycles. The number of aliphatic hydroxyl groups is 1. The van der Waals surface area contributed by atoms with Crippen LogP contribution in [-0.2, 0) is 10.3 Å².